The molecule has 1 atom stereocenters. The molecule has 1 unspecified atom stereocenters. The first kappa shape index (κ1) is 16.2. The number of hydrogen-bond acceptors (Lipinski definition) is 3. The molecular formula is C15H22N2O3. The highest BCUT2D eigenvalue weighted by molar-refractivity contribution is 5.87. The number of unbranched alkanes of at least 4 members (excludes halogenated alkanes) is 1. The SMILES string of the molecule is CCCCC(N)C(=O)NCCc1cccc(C(=O)O)c1. The zero-order chi connectivity index (χ0) is 15.0. The highest BCUT2D eigenvalue weighted by atomic mass is 16.4. The van der Waals surface area contributed by atoms with E-state index in [4.69, 9.17) is 10.8 Å². The van der Waals surface area contributed by atoms with E-state index in [0.29, 0.717) is 19.4 Å². The fraction of sp³-hybridized carbons (Fsp3) is 0.467. The number of nitrogens with one attached hydrogen (secondary N) is 1. The Hall–Kier alpha value is -1.88. The standard InChI is InChI=1S/C15H22N2O3/c1-2-3-7-13(16)14(18)17-9-8-11-5-4-6-12(10-11)15(19)20/h4-6,10,13H,2-3,7-9,16H2,1H3,(H,17,18)(H,19,20). The number of carboxylic acid groups (broad SMARTS) is 1. The summed E-state index contributed by atoms with van der Waals surface area (Å²) in [6.07, 6.45) is 3.24. The van der Waals surface area contributed by atoms with E-state index in [1.54, 1.807) is 18.2 Å². The Kier molecular flexibility index (Phi) is 6.73. The third-order valence-corrected chi connectivity index (χ3v) is 3.09. The van der Waals surface area contributed by atoms with Crippen LogP contribution in [0.25, 0.3) is 0 Å². The minimum Gasteiger partial charge on any atom is -0.478 e. The van der Waals surface area contributed by atoms with Gasteiger partial charge in [-0.15, -0.1) is 0 Å². The van der Waals surface area contributed by atoms with E-state index < -0.39 is 12.0 Å². The van der Waals surface area contributed by atoms with Crippen molar-refractivity contribution in [3.63, 3.8) is 0 Å². The van der Waals surface area contributed by atoms with E-state index in [1.165, 1.54) is 0 Å². The first-order valence-corrected chi connectivity index (χ1v) is 6.90. The van der Waals surface area contributed by atoms with E-state index >= 15 is 0 Å². The second kappa shape index (κ2) is 8.32. The molecule has 110 valence electrons. The molecule has 0 saturated heterocycles. The van der Waals surface area contributed by atoms with Crippen LogP contribution in [0.2, 0.25) is 0 Å². The Morgan fingerprint density at radius 1 is 1.40 bits per heavy atom. The second-order valence-corrected chi connectivity index (χ2v) is 4.80. The Morgan fingerprint density at radius 2 is 2.15 bits per heavy atom. The van der Waals surface area contributed by atoms with Crippen LogP contribution in [0.4, 0.5) is 0 Å². The molecule has 0 aliphatic rings. The molecule has 0 heterocycles. The summed E-state index contributed by atoms with van der Waals surface area (Å²) in [5.41, 5.74) is 6.90. The van der Waals surface area contributed by atoms with Crippen molar-refractivity contribution in [1.29, 1.82) is 0 Å². The molecule has 1 aromatic rings. The first-order valence-electron chi connectivity index (χ1n) is 6.90. The van der Waals surface area contributed by atoms with Crippen LogP contribution in [-0.2, 0) is 11.2 Å². The molecule has 5 heteroatoms. The predicted octanol–water partition coefficient (Wildman–Crippen LogP) is 1.56. The van der Waals surface area contributed by atoms with Gasteiger partial charge in [-0.1, -0.05) is 31.9 Å². The Balaban J connectivity index is 2.38. The average molecular weight is 278 g/mol. The van der Waals surface area contributed by atoms with Crippen molar-refractivity contribution in [3.05, 3.63) is 35.4 Å². The van der Waals surface area contributed by atoms with Crippen LogP contribution in [0.15, 0.2) is 24.3 Å². The van der Waals surface area contributed by atoms with E-state index in [2.05, 4.69) is 12.2 Å². The number of carboxylic acids is 1. The minimum atomic E-state index is -0.947. The lowest BCUT2D eigenvalue weighted by atomic mass is 10.1. The van der Waals surface area contributed by atoms with Crippen molar-refractivity contribution in [1.82, 2.24) is 5.32 Å². The van der Waals surface area contributed by atoms with Gasteiger partial charge in [-0.2, -0.15) is 0 Å². The zero-order valence-electron chi connectivity index (χ0n) is 11.8. The van der Waals surface area contributed by atoms with Crippen LogP contribution in [-0.4, -0.2) is 29.6 Å². The van der Waals surface area contributed by atoms with Gasteiger partial charge in [-0.25, -0.2) is 4.79 Å². The molecular weight excluding hydrogens is 256 g/mol. The normalized spacial score (nSPS) is 11.9. The van der Waals surface area contributed by atoms with Gasteiger partial charge in [0.2, 0.25) is 5.91 Å². The maximum atomic E-state index is 11.7. The Bertz CT molecular complexity index is 460. The van der Waals surface area contributed by atoms with E-state index in [-0.39, 0.29) is 11.5 Å². The first-order chi connectivity index (χ1) is 9.54. The number of nitrogens with two attached hydrogens (primary N) is 1. The second-order valence-electron chi connectivity index (χ2n) is 4.80. The molecule has 1 rings (SSSR count). The number of carbonyl (C=O) groups excluding carboxylic acids is 1. The van der Waals surface area contributed by atoms with Crippen molar-refractivity contribution in [2.45, 2.75) is 38.6 Å². The van der Waals surface area contributed by atoms with Crippen LogP contribution in [0.3, 0.4) is 0 Å². The zero-order valence-corrected chi connectivity index (χ0v) is 11.8. The molecule has 0 spiro atoms. The van der Waals surface area contributed by atoms with Crippen LogP contribution < -0.4 is 11.1 Å². The van der Waals surface area contributed by atoms with E-state index in [0.717, 1.165) is 18.4 Å². The fourth-order valence-corrected chi connectivity index (χ4v) is 1.88. The number of rotatable bonds is 8. The molecule has 1 amide bonds. The Labute approximate surface area is 119 Å². The van der Waals surface area contributed by atoms with Gasteiger partial charge in [0, 0.05) is 6.54 Å². The molecule has 0 aliphatic carbocycles. The monoisotopic (exact) mass is 278 g/mol. The summed E-state index contributed by atoms with van der Waals surface area (Å²) < 4.78 is 0. The average Bonchev–Trinajstić information content (AvgIpc) is 2.44. The maximum Gasteiger partial charge on any atom is 0.335 e. The summed E-state index contributed by atoms with van der Waals surface area (Å²) in [6, 6.07) is 6.25. The molecule has 0 bridgehead atoms. The van der Waals surface area contributed by atoms with Crippen molar-refractivity contribution < 1.29 is 14.7 Å². The quantitative estimate of drug-likeness (QED) is 0.673. The van der Waals surface area contributed by atoms with E-state index in [9.17, 15) is 9.59 Å². The lowest BCUT2D eigenvalue weighted by Gasteiger charge is -2.11. The molecule has 20 heavy (non-hydrogen) atoms. The highest BCUT2D eigenvalue weighted by Crippen LogP contribution is 2.06. The maximum absolute atomic E-state index is 11.7. The Morgan fingerprint density at radius 3 is 2.80 bits per heavy atom. The number of carbonyl (C=O) groups is 2. The minimum absolute atomic E-state index is 0.146. The van der Waals surface area contributed by atoms with Gasteiger partial charge in [0.1, 0.15) is 0 Å². The molecule has 0 fully saturated rings. The molecule has 1 aromatic carbocycles. The smallest absolute Gasteiger partial charge is 0.335 e. The molecule has 4 N–H and O–H groups in total. The van der Waals surface area contributed by atoms with Crippen LogP contribution in [0.1, 0.15) is 42.1 Å². The fourth-order valence-electron chi connectivity index (χ4n) is 1.88. The number of amides is 1. The third-order valence-electron chi connectivity index (χ3n) is 3.09. The highest BCUT2D eigenvalue weighted by Gasteiger charge is 2.11. The summed E-state index contributed by atoms with van der Waals surface area (Å²) >= 11 is 0. The molecule has 0 radical (unpaired) electrons. The lowest BCUT2D eigenvalue weighted by molar-refractivity contribution is -0.122. The number of benzene rings is 1. The number of hydrogen-bond donors (Lipinski definition) is 3. The van der Waals surface area contributed by atoms with Gasteiger partial charge in [0.05, 0.1) is 11.6 Å². The summed E-state index contributed by atoms with van der Waals surface area (Å²) in [4.78, 5) is 22.5. The number of aromatic carboxylic acids is 1. The summed E-state index contributed by atoms with van der Waals surface area (Å²) in [5, 5.41) is 11.7. The van der Waals surface area contributed by atoms with Crippen molar-refractivity contribution in [2.24, 2.45) is 5.73 Å². The van der Waals surface area contributed by atoms with Gasteiger partial charge in [-0.3, -0.25) is 4.79 Å². The summed E-state index contributed by atoms with van der Waals surface area (Å²) in [5.74, 6) is -1.09. The van der Waals surface area contributed by atoms with Crippen LogP contribution in [0.5, 0.6) is 0 Å². The van der Waals surface area contributed by atoms with E-state index in [1.807, 2.05) is 6.07 Å². The summed E-state index contributed by atoms with van der Waals surface area (Å²) in [6.45, 7) is 2.52. The van der Waals surface area contributed by atoms with Crippen LogP contribution in [0, 0.1) is 0 Å². The van der Waals surface area contributed by atoms with Crippen molar-refractivity contribution in [2.75, 3.05) is 6.54 Å². The van der Waals surface area contributed by atoms with Gasteiger partial charge in [-0.05, 0) is 30.5 Å². The molecule has 0 aliphatic heterocycles. The lowest BCUT2D eigenvalue weighted by Crippen LogP contribution is -2.41. The topological polar surface area (TPSA) is 92.4 Å². The molecule has 0 saturated carbocycles. The van der Waals surface area contributed by atoms with Crippen molar-refractivity contribution >= 4 is 11.9 Å². The molecule has 0 aromatic heterocycles. The third kappa shape index (κ3) is 5.40. The molecule has 5 nitrogen and oxygen atoms in total. The van der Waals surface area contributed by atoms with Gasteiger partial charge in [0.15, 0.2) is 0 Å². The summed E-state index contributed by atoms with van der Waals surface area (Å²) in [7, 11) is 0. The van der Waals surface area contributed by atoms with Gasteiger partial charge >= 0.3 is 5.97 Å². The van der Waals surface area contributed by atoms with Gasteiger partial charge < -0.3 is 16.2 Å². The largest absolute Gasteiger partial charge is 0.478 e. The van der Waals surface area contributed by atoms with Crippen molar-refractivity contribution in [3.8, 4) is 0 Å². The predicted molar refractivity (Wildman–Crippen MR) is 77.6 cm³/mol. The van der Waals surface area contributed by atoms with Gasteiger partial charge in [0.25, 0.3) is 0 Å². The van der Waals surface area contributed by atoms with Crippen LogP contribution >= 0.6 is 0 Å².